The Labute approximate surface area is 225 Å². The molecule has 0 radical (unpaired) electrons. The number of nitrogens with zero attached hydrogens (tertiary/aromatic N) is 1. The van der Waals surface area contributed by atoms with Crippen LogP contribution in [-0.2, 0) is 14.4 Å². The van der Waals surface area contributed by atoms with Gasteiger partial charge in [-0.25, -0.2) is 9.82 Å². The van der Waals surface area contributed by atoms with Crippen LogP contribution in [0.2, 0.25) is 5.02 Å². The van der Waals surface area contributed by atoms with Gasteiger partial charge in [-0.05, 0) is 70.4 Å². The van der Waals surface area contributed by atoms with Crippen LogP contribution in [0.1, 0.15) is 11.1 Å². The van der Waals surface area contributed by atoms with Gasteiger partial charge in [0, 0.05) is 10.7 Å². The number of rotatable bonds is 8. The van der Waals surface area contributed by atoms with E-state index >= 15 is 0 Å². The molecule has 3 N–H and O–H groups in total. The molecule has 3 aromatic rings. The highest BCUT2D eigenvalue weighted by Crippen LogP contribution is 2.36. The van der Waals surface area contributed by atoms with Crippen LogP contribution < -0.4 is 25.5 Å². The molecule has 0 aliphatic rings. The van der Waals surface area contributed by atoms with Crippen molar-refractivity contribution in [3.63, 3.8) is 0 Å². The van der Waals surface area contributed by atoms with Crippen LogP contribution in [0.15, 0.2) is 64.2 Å². The lowest BCUT2D eigenvalue weighted by atomic mass is 10.2. The molecule has 3 aromatic carbocycles. The van der Waals surface area contributed by atoms with E-state index in [9.17, 15) is 18.8 Å². The van der Waals surface area contributed by atoms with Gasteiger partial charge < -0.3 is 20.1 Å². The summed E-state index contributed by atoms with van der Waals surface area (Å²) >= 11 is 9.35. The largest absolute Gasteiger partial charge is 0.493 e. The van der Waals surface area contributed by atoms with E-state index in [4.69, 9.17) is 21.1 Å². The molecule has 192 valence electrons. The second kappa shape index (κ2) is 12.8. The van der Waals surface area contributed by atoms with Gasteiger partial charge in [0.15, 0.2) is 18.1 Å². The number of hydrogen-bond acceptors (Lipinski definition) is 6. The maximum absolute atomic E-state index is 13.6. The lowest BCUT2D eigenvalue weighted by Gasteiger charge is -2.14. The molecule has 0 spiro atoms. The third-order valence-corrected chi connectivity index (χ3v) is 5.61. The van der Waals surface area contributed by atoms with E-state index < -0.39 is 23.5 Å². The molecule has 0 fully saturated rings. The van der Waals surface area contributed by atoms with E-state index in [0.29, 0.717) is 20.7 Å². The number of carbonyl (C=O) groups is 3. The minimum atomic E-state index is -1.09. The van der Waals surface area contributed by atoms with E-state index in [0.717, 1.165) is 11.6 Å². The standard InChI is InChI=1S/C25H21BrClFN4O5/c1-14-7-8-16(27)11-20(14)30-22(33)13-37-23-17(26)9-15(10-21(23)36-2)12-29-32-25(35)24(34)31-19-6-4-3-5-18(19)28/h3-12H,13H2,1-2H3,(H,30,33)(H,31,34)(H,32,35)/b29-12-. The highest BCUT2D eigenvalue weighted by Gasteiger charge is 2.16. The lowest BCUT2D eigenvalue weighted by Crippen LogP contribution is -2.32. The predicted molar refractivity (Wildman–Crippen MR) is 142 cm³/mol. The summed E-state index contributed by atoms with van der Waals surface area (Å²) in [6, 6.07) is 13.7. The molecule has 0 aromatic heterocycles. The first kappa shape index (κ1) is 27.6. The van der Waals surface area contributed by atoms with Crippen LogP contribution in [-0.4, -0.2) is 37.7 Å². The molecule has 0 aliphatic heterocycles. The fourth-order valence-electron chi connectivity index (χ4n) is 2.97. The maximum atomic E-state index is 13.6. The Balaban J connectivity index is 1.60. The van der Waals surface area contributed by atoms with Gasteiger partial charge in [-0.1, -0.05) is 29.8 Å². The molecule has 3 rings (SSSR count). The summed E-state index contributed by atoms with van der Waals surface area (Å²) in [5.74, 6) is -2.70. The van der Waals surface area contributed by atoms with Crippen LogP contribution in [0.25, 0.3) is 0 Å². The van der Waals surface area contributed by atoms with E-state index in [1.54, 1.807) is 30.3 Å². The quantitative estimate of drug-likeness (QED) is 0.200. The molecular weight excluding hydrogens is 571 g/mol. The first-order chi connectivity index (χ1) is 17.7. The van der Waals surface area contributed by atoms with Crippen molar-refractivity contribution >= 4 is 62.8 Å². The monoisotopic (exact) mass is 590 g/mol. The minimum absolute atomic E-state index is 0.132. The molecule has 37 heavy (non-hydrogen) atoms. The number of para-hydroxylation sites is 1. The summed E-state index contributed by atoms with van der Waals surface area (Å²) in [5.41, 5.74) is 3.82. The number of nitrogens with one attached hydrogen (secondary N) is 3. The Kier molecular flexibility index (Phi) is 9.58. The molecule has 0 atom stereocenters. The van der Waals surface area contributed by atoms with E-state index in [1.807, 2.05) is 6.92 Å². The van der Waals surface area contributed by atoms with Gasteiger partial charge >= 0.3 is 11.8 Å². The first-order valence-corrected chi connectivity index (χ1v) is 11.8. The minimum Gasteiger partial charge on any atom is -0.493 e. The zero-order valence-corrected chi connectivity index (χ0v) is 21.9. The maximum Gasteiger partial charge on any atom is 0.329 e. The summed E-state index contributed by atoms with van der Waals surface area (Å²) < 4.78 is 25.1. The molecule has 0 aliphatic carbocycles. The van der Waals surface area contributed by atoms with Gasteiger partial charge in [-0.2, -0.15) is 5.10 Å². The Morgan fingerprint density at radius 3 is 2.54 bits per heavy atom. The van der Waals surface area contributed by atoms with Crippen molar-refractivity contribution in [2.24, 2.45) is 5.10 Å². The summed E-state index contributed by atoms with van der Waals surface area (Å²) in [6.07, 6.45) is 1.26. The topological polar surface area (TPSA) is 118 Å². The number of anilines is 2. The van der Waals surface area contributed by atoms with Crippen LogP contribution in [0.5, 0.6) is 11.5 Å². The molecule has 0 saturated carbocycles. The Bertz CT molecular complexity index is 1370. The number of hydrogen-bond donors (Lipinski definition) is 3. The number of ether oxygens (including phenoxy) is 2. The van der Waals surface area contributed by atoms with Gasteiger partial charge in [0.2, 0.25) is 0 Å². The van der Waals surface area contributed by atoms with Gasteiger partial charge in [0.05, 0.1) is 23.5 Å². The van der Waals surface area contributed by atoms with E-state index in [1.165, 1.54) is 31.5 Å². The van der Waals surface area contributed by atoms with E-state index in [2.05, 4.69) is 37.1 Å². The van der Waals surface area contributed by atoms with Gasteiger partial charge in [-0.15, -0.1) is 0 Å². The van der Waals surface area contributed by atoms with Crippen LogP contribution in [0.4, 0.5) is 15.8 Å². The zero-order valence-electron chi connectivity index (χ0n) is 19.6. The fraction of sp³-hybridized carbons (Fsp3) is 0.120. The van der Waals surface area contributed by atoms with Crippen molar-refractivity contribution in [1.82, 2.24) is 5.43 Å². The molecule has 3 amide bonds. The Morgan fingerprint density at radius 2 is 1.81 bits per heavy atom. The summed E-state index contributed by atoms with van der Waals surface area (Å²) in [4.78, 5) is 36.3. The summed E-state index contributed by atoms with van der Waals surface area (Å²) in [7, 11) is 1.42. The smallest absolute Gasteiger partial charge is 0.329 e. The number of amides is 3. The van der Waals surface area contributed by atoms with Crippen LogP contribution >= 0.6 is 27.5 Å². The zero-order chi connectivity index (χ0) is 26.9. The lowest BCUT2D eigenvalue weighted by molar-refractivity contribution is -0.136. The molecule has 12 heteroatoms. The summed E-state index contributed by atoms with van der Waals surface area (Å²) in [6.45, 7) is 1.53. The number of carbonyl (C=O) groups excluding carboxylic acids is 3. The second-order valence-electron chi connectivity index (χ2n) is 7.46. The Hall–Kier alpha value is -3.96. The van der Waals surface area contributed by atoms with Gasteiger partial charge in [-0.3, -0.25) is 14.4 Å². The van der Waals surface area contributed by atoms with Crippen molar-refractivity contribution in [2.75, 3.05) is 24.4 Å². The van der Waals surface area contributed by atoms with Crippen molar-refractivity contribution in [2.45, 2.75) is 6.92 Å². The van der Waals surface area contributed by atoms with Crippen molar-refractivity contribution in [3.8, 4) is 11.5 Å². The third-order valence-electron chi connectivity index (χ3n) is 4.78. The highest BCUT2D eigenvalue weighted by atomic mass is 79.9. The number of halogens is 3. The molecule has 9 nitrogen and oxygen atoms in total. The molecule has 0 heterocycles. The van der Waals surface area contributed by atoms with Crippen molar-refractivity contribution < 1.29 is 28.2 Å². The van der Waals surface area contributed by atoms with Gasteiger partial charge in [0.25, 0.3) is 5.91 Å². The molecule has 0 unspecified atom stereocenters. The molecular formula is C25H21BrClFN4O5. The number of hydrazone groups is 1. The van der Waals surface area contributed by atoms with E-state index in [-0.39, 0.29) is 23.8 Å². The second-order valence-corrected chi connectivity index (χ2v) is 8.75. The number of aryl methyl sites for hydroxylation is 1. The molecule has 0 saturated heterocycles. The highest BCUT2D eigenvalue weighted by molar-refractivity contribution is 9.10. The first-order valence-electron chi connectivity index (χ1n) is 10.6. The number of benzene rings is 3. The normalized spacial score (nSPS) is 10.6. The average molecular weight is 592 g/mol. The van der Waals surface area contributed by atoms with Crippen molar-refractivity contribution in [1.29, 1.82) is 0 Å². The average Bonchev–Trinajstić information content (AvgIpc) is 2.86. The van der Waals surface area contributed by atoms with Crippen LogP contribution in [0, 0.1) is 12.7 Å². The predicted octanol–water partition coefficient (Wildman–Crippen LogP) is 4.66. The SMILES string of the molecule is COc1cc(/C=N\NC(=O)C(=O)Nc2ccccc2F)cc(Br)c1OCC(=O)Nc1cc(Cl)ccc1C. The number of methoxy groups -OCH3 is 1. The summed E-state index contributed by atoms with van der Waals surface area (Å²) in [5, 5.41) is 9.12. The molecule has 0 bridgehead atoms. The Morgan fingerprint density at radius 1 is 1.05 bits per heavy atom. The third kappa shape index (κ3) is 7.76. The van der Waals surface area contributed by atoms with Crippen molar-refractivity contribution in [3.05, 3.63) is 81.0 Å². The van der Waals surface area contributed by atoms with Crippen LogP contribution in [0.3, 0.4) is 0 Å². The fourth-order valence-corrected chi connectivity index (χ4v) is 3.71. The van der Waals surface area contributed by atoms with Gasteiger partial charge in [0.1, 0.15) is 5.82 Å².